The lowest BCUT2D eigenvalue weighted by molar-refractivity contribution is 0.0210. The van der Waals surface area contributed by atoms with Gasteiger partial charge in [0.2, 0.25) is 0 Å². The van der Waals surface area contributed by atoms with Crippen LogP contribution in [0, 0.1) is 29.6 Å². The minimum Gasteiger partial charge on any atom is -0.446 e. The molecule has 6 atom stereocenters. The van der Waals surface area contributed by atoms with Crippen molar-refractivity contribution in [1.82, 2.24) is 15.5 Å². The van der Waals surface area contributed by atoms with Crippen molar-refractivity contribution in [3.05, 3.63) is 11.6 Å². The number of amides is 3. The average molecular weight is 674 g/mol. The van der Waals surface area contributed by atoms with E-state index < -0.39 is 34.5 Å². The molecule has 274 valence electrons. The van der Waals surface area contributed by atoms with Crippen LogP contribution in [0.15, 0.2) is 11.6 Å². The fourth-order valence-electron chi connectivity index (χ4n) is 8.88. The number of nitrogens with zero attached hydrogens (tertiary/aromatic N) is 1. The van der Waals surface area contributed by atoms with Gasteiger partial charge in [0, 0.05) is 30.6 Å². The van der Waals surface area contributed by atoms with Crippen molar-refractivity contribution in [2.24, 2.45) is 29.6 Å². The summed E-state index contributed by atoms with van der Waals surface area (Å²) in [5, 5.41) is 5.94. The highest BCUT2D eigenvalue weighted by Crippen LogP contribution is 2.56. The summed E-state index contributed by atoms with van der Waals surface area (Å²) < 4.78 is 17.2. The first kappa shape index (κ1) is 38.4. The number of allylic oxidation sites excluding steroid dienone is 1. The second kappa shape index (κ2) is 15.2. The first-order valence-corrected chi connectivity index (χ1v) is 18.9. The normalized spacial score (nSPS) is 27.4. The van der Waals surface area contributed by atoms with Crippen molar-refractivity contribution < 1.29 is 28.6 Å². The van der Waals surface area contributed by atoms with Crippen molar-refractivity contribution in [1.29, 1.82) is 0 Å². The van der Waals surface area contributed by atoms with Gasteiger partial charge in [-0.2, -0.15) is 0 Å². The van der Waals surface area contributed by atoms with Crippen LogP contribution in [0.25, 0.3) is 0 Å². The van der Waals surface area contributed by atoms with E-state index in [0.29, 0.717) is 38.3 Å². The van der Waals surface area contributed by atoms with Gasteiger partial charge in [0.15, 0.2) is 0 Å². The molecule has 3 saturated carbocycles. The van der Waals surface area contributed by atoms with E-state index in [4.69, 9.17) is 14.2 Å². The Kier molecular flexibility index (Phi) is 12.1. The Morgan fingerprint density at radius 1 is 0.729 bits per heavy atom. The third kappa shape index (κ3) is 11.3. The van der Waals surface area contributed by atoms with E-state index in [2.05, 4.69) is 16.7 Å². The fourth-order valence-corrected chi connectivity index (χ4v) is 8.88. The van der Waals surface area contributed by atoms with E-state index >= 15 is 0 Å². The van der Waals surface area contributed by atoms with E-state index in [1.54, 1.807) is 4.90 Å². The molecule has 9 heteroatoms. The molecule has 3 amide bonds. The summed E-state index contributed by atoms with van der Waals surface area (Å²) in [6, 6.07) is 0. The molecule has 0 bridgehead atoms. The molecule has 4 aliphatic carbocycles. The second-order valence-corrected chi connectivity index (χ2v) is 18.5. The first-order chi connectivity index (χ1) is 22.2. The maximum atomic E-state index is 13.8. The summed E-state index contributed by atoms with van der Waals surface area (Å²) in [4.78, 5) is 40.6. The molecule has 0 aromatic carbocycles. The molecule has 0 aromatic rings. The Hall–Kier alpha value is -2.45. The predicted octanol–water partition coefficient (Wildman–Crippen LogP) is 9.14. The smallest absolute Gasteiger partial charge is 0.410 e. The molecule has 0 aromatic heterocycles. The first-order valence-electron chi connectivity index (χ1n) is 18.9. The van der Waals surface area contributed by atoms with Crippen LogP contribution in [0.1, 0.15) is 146 Å². The molecule has 4 aliphatic rings. The zero-order valence-corrected chi connectivity index (χ0v) is 31.8. The molecule has 0 radical (unpaired) electrons. The molecule has 0 spiro atoms. The highest BCUT2D eigenvalue weighted by Gasteiger charge is 2.47. The van der Waals surface area contributed by atoms with E-state index in [1.807, 2.05) is 69.2 Å². The molecule has 0 aliphatic heterocycles. The van der Waals surface area contributed by atoms with E-state index in [-0.39, 0.29) is 12.2 Å². The summed E-state index contributed by atoms with van der Waals surface area (Å²) in [7, 11) is 0. The highest BCUT2D eigenvalue weighted by atomic mass is 16.6. The van der Waals surface area contributed by atoms with Gasteiger partial charge in [0.1, 0.15) is 17.3 Å². The molecule has 48 heavy (non-hydrogen) atoms. The van der Waals surface area contributed by atoms with Crippen LogP contribution in [0.2, 0.25) is 0 Å². The summed E-state index contributed by atoms with van der Waals surface area (Å²) in [5.74, 6) is 4.24. The van der Waals surface area contributed by atoms with Crippen molar-refractivity contribution in [3.63, 3.8) is 0 Å². The van der Waals surface area contributed by atoms with Crippen LogP contribution in [-0.2, 0) is 14.2 Å². The lowest BCUT2D eigenvalue weighted by Gasteiger charge is -2.49. The van der Waals surface area contributed by atoms with Gasteiger partial charge in [-0.05, 0) is 157 Å². The zero-order chi connectivity index (χ0) is 35.5. The van der Waals surface area contributed by atoms with E-state index in [9.17, 15) is 14.4 Å². The molecule has 2 N–H and O–H groups in total. The van der Waals surface area contributed by atoms with Crippen molar-refractivity contribution in [3.8, 4) is 0 Å². The van der Waals surface area contributed by atoms with Crippen molar-refractivity contribution in [2.45, 2.75) is 175 Å². The number of rotatable bonds is 10. The number of fused-ring (bicyclic) bond motifs is 5. The monoisotopic (exact) mass is 674 g/mol. The Labute approximate surface area is 291 Å². The molecule has 4 rings (SSSR count). The van der Waals surface area contributed by atoms with Gasteiger partial charge in [-0.25, -0.2) is 14.4 Å². The maximum Gasteiger partial charge on any atom is 0.410 e. The zero-order valence-electron chi connectivity index (χ0n) is 31.8. The molecular formula is C39H67N3O6. The predicted molar refractivity (Wildman–Crippen MR) is 190 cm³/mol. The molecule has 3 fully saturated rings. The average Bonchev–Trinajstić information content (AvgIpc) is 3.41. The van der Waals surface area contributed by atoms with Gasteiger partial charge in [-0.3, -0.25) is 0 Å². The SMILES string of the molecule is CC(C)(CCCN(CCC(C)(C)NC(=O)OC(C)(C)C)C(=O)OC1CCC2C(=CCC3C4CCCC4CCC23)C1)NC(=O)OC(C)(C)C. The van der Waals surface area contributed by atoms with Crippen molar-refractivity contribution >= 4 is 18.3 Å². The molecule has 0 saturated heterocycles. The summed E-state index contributed by atoms with van der Waals surface area (Å²) in [6.45, 7) is 19.8. The highest BCUT2D eigenvalue weighted by molar-refractivity contribution is 5.69. The maximum absolute atomic E-state index is 13.8. The number of carbonyl (C=O) groups is 3. The van der Waals surface area contributed by atoms with Gasteiger partial charge in [0.25, 0.3) is 0 Å². The lowest BCUT2D eigenvalue weighted by Crippen LogP contribution is -2.49. The van der Waals surface area contributed by atoms with Crippen LogP contribution < -0.4 is 10.6 Å². The van der Waals surface area contributed by atoms with Gasteiger partial charge in [0.05, 0.1) is 0 Å². The number of carbonyl (C=O) groups excluding carboxylic acids is 3. The lowest BCUT2D eigenvalue weighted by atomic mass is 9.57. The van der Waals surface area contributed by atoms with E-state index in [0.717, 1.165) is 42.9 Å². The van der Waals surface area contributed by atoms with Gasteiger partial charge in [-0.1, -0.05) is 24.5 Å². The number of hydrogen-bond acceptors (Lipinski definition) is 6. The fraction of sp³-hybridized carbons (Fsp3) is 0.872. The summed E-state index contributed by atoms with van der Waals surface area (Å²) >= 11 is 0. The van der Waals surface area contributed by atoms with Crippen LogP contribution in [0.3, 0.4) is 0 Å². The summed E-state index contributed by atoms with van der Waals surface area (Å²) in [5.41, 5.74) is -0.763. The Bertz CT molecular complexity index is 1170. The van der Waals surface area contributed by atoms with Gasteiger partial charge in [-0.15, -0.1) is 0 Å². The van der Waals surface area contributed by atoms with Gasteiger partial charge < -0.3 is 29.7 Å². The second-order valence-electron chi connectivity index (χ2n) is 18.5. The Morgan fingerprint density at radius 2 is 1.35 bits per heavy atom. The summed E-state index contributed by atoms with van der Waals surface area (Å²) in [6.07, 6.45) is 14.2. The van der Waals surface area contributed by atoms with E-state index in [1.165, 1.54) is 44.1 Å². The van der Waals surface area contributed by atoms with Crippen LogP contribution >= 0.6 is 0 Å². The minimum atomic E-state index is -0.599. The third-order valence-electron chi connectivity index (χ3n) is 11.0. The van der Waals surface area contributed by atoms with Crippen LogP contribution in [-0.4, -0.2) is 64.7 Å². The van der Waals surface area contributed by atoms with Crippen molar-refractivity contribution in [2.75, 3.05) is 13.1 Å². The molecular weight excluding hydrogens is 606 g/mol. The largest absolute Gasteiger partial charge is 0.446 e. The number of alkyl carbamates (subject to hydrolysis) is 2. The minimum absolute atomic E-state index is 0.111. The number of nitrogens with one attached hydrogen (secondary N) is 2. The molecule has 6 unspecified atom stereocenters. The topological polar surface area (TPSA) is 106 Å². The molecule has 9 nitrogen and oxygen atoms in total. The Morgan fingerprint density at radius 3 is 1.98 bits per heavy atom. The number of ether oxygens (including phenoxy) is 3. The van der Waals surface area contributed by atoms with Crippen LogP contribution in [0.5, 0.6) is 0 Å². The van der Waals surface area contributed by atoms with Gasteiger partial charge >= 0.3 is 18.3 Å². The quantitative estimate of drug-likeness (QED) is 0.177. The van der Waals surface area contributed by atoms with Crippen LogP contribution in [0.4, 0.5) is 14.4 Å². The third-order valence-corrected chi connectivity index (χ3v) is 11.0. The number of hydrogen-bond donors (Lipinski definition) is 2. The standard InChI is InChI=1S/C39H67N3O6/c1-36(2,3)47-33(43)40-38(7,8)21-12-23-42(24-22-39(9,10)41-34(44)48-37(4,5)6)35(45)46-28-17-20-30-27(25-28)16-19-31-29-14-11-13-26(29)15-18-32(30)31/h16,26,28-32H,11-15,17-25H2,1-10H3,(H,40,43)(H,41,44). The molecule has 0 heterocycles. The Balaban J connectivity index is 1.36.